The Hall–Kier alpha value is -2.17. The molecule has 1 atom stereocenters. The fourth-order valence-corrected chi connectivity index (χ4v) is 3.11. The second-order valence-electron chi connectivity index (χ2n) is 5.25. The number of aliphatic carboxylic acids is 1. The van der Waals surface area contributed by atoms with Gasteiger partial charge in [0.05, 0.1) is 0 Å². The maximum absolute atomic E-state index is 12.6. The van der Waals surface area contributed by atoms with Crippen LogP contribution < -0.4 is 0 Å². The first-order valence-corrected chi connectivity index (χ1v) is 6.78. The SMILES string of the molecule is O=C1CCc2c1cccc2C(=O)N1CCC[C@H]1C(=O)O. The first-order chi connectivity index (χ1) is 9.59. The molecule has 1 amide bonds. The van der Waals surface area contributed by atoms with Crippen LogP contribution >= 0.6 is 0 Å². The van der Waals surface area contributed by atoms with Crippen LogP contribution in [0.15, 0.2) is 18.2 Å². The summed E-state index contributed by atoms with van der Waals surface area (Å²) in [6.07, 6.45) is 2.20. The van der Waals surface area contributed by atoms with Gasteiger partial charge in [0.25, 0.3) is 5.91 Å². The van der Waals surface area contributed by atoms with Gasteiger partial charge in [-0.25, -0.2) is 4.79 Å². The molecule has 0 saturated carbocycles. The third kappa shape index (κ3) is 1.90. The van der Waals surface area contributed by atoms with E-state index in [0.717, 1.165) is 5.56 Å². The molecule has 20 heavy (non-hydrogen) atoms. The third-order valence-electron chi connectivity index (χ3n) is 4.11. The lowest BCUT2D eigenvalue weighted by atomic mass is 10.0. The van der Waals surface area contributed by atoms with Crippen molar-refractivity contribution in [1.29, 1.82) is 0 Å². The van der Waals surface area contributed by atoms with Crippen LogP contribution in [0.5, 0.6) is 0 Å². The number of benzene rings is 1. The second-order valence-corrected chi connectivity index (χ2v) is 5.25. The predicted molar refractivity (Wildman–Crippen MR) is 70.8 cm³/mol. The van der Waals surface area contributed by atoms with E-state index in [9.17, 15) is 14.4 Å². The molecule has 5 heteroatoms. The van der Waals surface area contributed by atoms with E-state index in [-0.39, 0.29) is 11.7 Å². The molecule has 5 nitrogen and oxygen atoms in total. The molecule has 1 fully saturated rings. The zero-order valence-corrected chi connectivity index (χ0v) is 11.0. The van der Waals surface area contributed by atoms with Crippen molar-refractivity contribution < 1.29 is 19.5 Å². The molecule has 1 N–H and O–H groups in total. The summed E-state index contributed by atoms with van der Waals surface area (Å²) >= 11 is 0. The summed E-state index contributed by atoms with van der Waals surface area (Å²) in [6, 6.07) is 4.38. The number of ketones is 1. The Labute approximate surface area is 116 Å². The van der Waals surface area contributed by atoms with Crippen LogP contribution in [0.4, 0.5) is 0 Å². The lowest BCUT2D eigenvalue weighted by Gasteiger charge is -2.22. The minimum absolute atomic E-state index is 0.0610. The van der Waals surface area contributed by atoms with Crippen LogP contribution in [0, 0.1) is 0 Å². The van der Waals surface area contributed by atoms with E-state index in [0.29, 0.717) is 43.4 Å². The number of fused-ring (bicyclic) bond motifs is 1. The largest absolute Gasteiger partial charge is 0.480 e. The molecule has 1 heterocycles. The first kappa shape index (κ1) is 12.8. The van der Waals surface area contributed by atoms with E-state index in [1.54, 1.807) is 18.2 Å². The van der Waals surface area contributed by atoms with E-state index in [1.165, 1.54) is 4.90 Å². The molecule has 3 rings (SSSR count). The maximum Gasteiger partial charge on any atom is 0.326 e. The van der Waals surface area contributed by atoms with E-state index in [1.807, 2.05) is 0 Å². The number of rotatable bonds is 2. The number of carboxylic acids is 1. The van der Waals surface area contributed by atoms with Crippen LogP contribution in [0.25, 0.3) is 0 Å². The number of carboxylic acid groups (broad SMARTS) is 1. The van der Waals surface area contributed by atoms with Crippen LogP contribution in [0.2, 0.25) is 0 Å². The molecule has 0 bridgehead atoms. The first-order valence-electron chi connectivity index (χ1n) is 6.78. The van der Waals surface area contributed by atoms with Gasteiger partial charge in [0.2, 0.25) is 0 Å². The topological polar surface area (TPSA) is 74.7 Å². The number of amides is 1. The summed E-state index contributed by atoms with van der Waals surface area (Å²) in [5, 5.41) is 9.17. The highest BCUT2D eigenvalue weighted by Crippen LogP contribution is 2.28. The summed E-state index contributed by atoms with van der Waals surface area (Å²) in [7, 11) is 0. The van der Waals surface area contributed by atoms with Crippen molar-refractivity contribution in [2.75, 3.05) is 6.54 Å². The smallest absolute Gasteiger partial charge is 0.326 e. The molecule has 104 valence electrons. The molecule has 0 unspecified atom stereocenters. The summed E-state index contributed by atoms with van der Waals surface area (Å²) in [4.78, 5) is 36.9. The minimum Gasteiger partial charge on any atom is -0.480 e. The summed E-state index contributed by atoms with van der Waals surface area (Å²) < 4.78 is 0. The van der Waals surface area contributed by atoms with Gasteiger partial charge >= 0.3 is 5.97 Å². The van der Waals surface area contributed by atoms with Crippen molar-refractivity contribution in [3.05, 3.63) is 34.9 Å². The van der Waals surface area contributed by atoms with Crippen LogP contribution in [0.3, 0.4) is 0 Å². The summed E-state index contributed by atoms with van der Waals surface area (Å²) in [5.41, 5.74) is 1.88. The quantitative estimate of drug-likeness (QED) is 0.886. The summed E-state index contributed by atoms with van der Waals surface area (Å²) in [6.45, 7) is 0.466. The van der Waals surface area contributed by atoms with Gasteiger partial charge in [0, 0.05) is 24.1 Å². The standard InChI is InChI=1S/C15H15NO4/c17-13-7-6-9-10(13)3-1-4-11(9)14(18)16-8-2-5-12(16)15(19)20/h1,3-4,12H,2,5-8H2,(H,19,20)/t12-/m0/s1. The molecule has 1 aromatic carbocycles. The monoisotopic (exact) mass is 273 g/mol. The Morgan fingerprint density at radius 3 is 2.80 bits per heavy atom. The highest BCUT2D eigenvalue weighted by atomic mass is 16.4. The molecular formula is C15H15NO4. The highest BCUT2D eigenvalue weighted by molar-refractivity contribution is 6.06. The van der Waals surface area contributed by atoms with Crippen molar-refractivity contribution in [3.8, 4) is 0 Å². The number of hydrogen-bond acceptors (Lipinski definition) is 3. The van der Waals surface area contributed by atoms with Crippen molar-refractivity contribution in [1.82, 2.24) is 4.90 Å². The minimum atomic E-state index is -0.959. The zero-order chi connectivity index (χ0) is 14.3. The highest BCUT2D eigenvalue weighted by Gasteiger charge is 2.36. The summed E-state index contributed by atoms with van der Waals surface area (Å²) in [5.74, 6) is -1.16. The molecular weight excluding hydrogens is 258 g/mol. The molecule has 0 spiro atoms. The van der Waals surface area contributed by atoms with E-state index >= 15 is 0 Å². The Bertz CT molecular complexity index is 608. The second kappa shape index (κ2) is 4.74. The van der Waals surface area contributed by atoms with Gasteiger partial charge in [-0.2, -0.15) is 0 Å². The fourth-order valence-electron chi connectivity index (χ4n) is 3.11. The molecule has 1 aliphatic heterocycles. The normalized spacial score (nSPS) is 21.1. The average molecular weight is 273 g/mol. The van der Waals surface area contributed by atoms with Crippen LogP contribution in [-0.4, -0.2) is 40.3 Å². The molecule has 1 aromatic rings. The van der Waals surface area contributed by atoms with Gasteiger partial charge in [-0.15, -0.1) is 0 Å². The zero-order valence-electron chi connectivity index (χ0n) is 11.0. The van der Waals surface area contributed by atoms with E-state index < -0.39 is 12.0 Å². The Balaban J connectivity index is 1.96. The van der Waals surface area contributed by atoms with Crippen molar-refractivity contribution in [2.24, 2.45) is 0 Å². The lowest BCUT2D eigenvalue weighted by molar-refractivity contribution is -0.141. The number of carbonyl (C=O) groups excluding carboxylic acids is 2. The Kier molecular flexibility index (Phi) is 3.04. The number of nitrogens with zero attached hydrogens (tertiary/aromatic N) is 1. The fraction of sp³-hybridized carbons (Fsp3) is 0.400. The van der Waals surface area contributed by atoms with Gasteiger partial charge in [0.15, 0.2) is 5.78 Å². The molecule has 1 aliphatic carbocycles. The van der Waals surface area contributed by atoms with Gasteiger partial charge in [-0.05, 0) is 30.9 Å². The van der Waals surface area contributed by atoms with Gasteiger partial charge < -0.3 is 10.0 Å². The number of hydrogen-bond donors (Lipinski definition) is 1. The molecule has 2 aliphatic rings. The van der Waals surface area contributed by atoms with Crippen LogP contribution in [0.1, 0.15) is 45.5 Å². The Morgan fingerprint density at radius 2 is 2.05 bits per heavy atom. The van der Waals surface area contributed by atoms with E-state index in [4.69, 9.17) is 5.11 Å². The Morgan fingerprint density at radius 1 is 1.25 bits per heavy atom. The third-order valence-corrected chi connectivity index (χ3v) is 4.11. The number of Topliss-reactive ketones (excluding diaryl/α,β-unsaturated/α-hetero) is 1. The molecule has 1 saturated heterocycles. The van der Waals surface area contributed by atoms with Gasteiger partial charge in [0.1, 0.15) is 6.04 Å². The number of likely N-dealkylation sites (tertiary alicyclic amines) is 1. The average Bonchev–Trinajstić information content (AvgIpc) is 3.05. The molecule has 0 aromatic heterocycles. The maximum atomic E-state index is 12.6. The van der Waals surface area contributed by atoms with Crippen molar-refractivity contribution in [2.45, 2.75) is 31.7 Å². The molecule has 0 radical (unpaired) electrons. The lowest BCUT2D eigenvalue weighted by Crippen LogP contribution is -2.40. The van der Waals surface area contributed by atoms with E-state index in [2.05, 4.69) is 0 Å². The van der Waals surface area contributed by atoms with Gasteiger partial charge in [-0.3, -0.25) is 9.59 Å². The predicted octanol–water partition coefficient (Wildman–Crippen LogP) is 1.50. The van der Waals surface area contributed by atoms with Gasteiger partial charge in [-0.1, -0.05) is 12.1 Å². The number of carbonyl (C=O) groups is 3. The van der Waals surface area contributed by atoms with Crippen molar-refractivity contribution >= 4 is 17.7 Å². The van der Waals surface area contributed by atoms with Crippen LogP contribution in [-0.2, 0) is 11.2 Å². The van der Waals surface area contributed by atoms with Crippen molar-refractivity contribution in [3.63, 3.8) is 0 Å².